The molecule has 0 aliphatic carbocycles. The van der Waals surface area contributed by atoms with E-state index in [0.29, 0.717) is 6.07 Å². The van der Waals surface area contributed by atoms with Crippen molar-refractivity contribution in [2.75, 3.05) is 0 Å². The first-order chi connectivity index (χ1) is 5.11. The van der Waals surface area contributed by atoms with Crippen molar-refractivity contribution in [3.05, 3.63) is 24.0 Å². The minimum Gasteiger partial charge on any atom is -0.768 e. The van der Waals surface area contributed by atoms with Crippen molar-refractivity contribution in [1.29, 1.82) is 0 Å². The first-order valence-electron chi connectivity index (χ1n) is 2.51. The molecule has 0 N–H and O–H groups in total. The van der Waals surface area contributed by atoms with Gasteiger partial charge in [-0.15, -0.1) is 0 Å². The van der Waals surface area contributed by atoms with Crippen LogP contribution < -0.4 is 18.9 Å². The maximum Gasteiger partial charge on any atom is 1.00 e. The van der Waals surface area contributed by atoms with Gasteiger partial charge in [0.1, 0.15) is 0 Å². The van der Waals surface area contributed by atoms with E-state index in [2.05, 4.69) is 4.98 Å². The molecular formula is C5H2F2LiNO2S. The number of hydrogen-bond acceptors (Lipinski definition) is 3. The molecule has 1 atom stereocenters. The van der Waals surface area contributed by atoms with Gasteiger partial charge >= 0.3 is 18.9 Å². The molecule has 1 aromatic rings. The Kier molecular flexibility index (Phi) is 4.56. The summed E-state index contributed by atoms with van der Waals surface area (Å²) in [5, 5.41) is 0. The molecule has 7 heteroatoms. The molecule has 0 radical (unpaired) electrons. The van der Waals surface area contributed by atoms with E-state index in [1.807, 2.05) is 0 Å². The Bertz CT molecular complexity index is 309. The van der Waals surface area contributed by atoms with Crippen LogP contribution in [0.3, 0.4) is 0 Å². The zero-order chi connectivity index (χ0) is 8.43. The zero-order valence-electron chi connectivity index (χ0n) is 6.08. The Morgan fingerprint density at radius 2 is 2.08 bits per heavy atom. The maximum atomic E-state index is 12.2. The molecular weight excluding hydrogens is 183 g/mol. The standard InChI is InChI=1S/C5H3F2NO2S.Li/c6-4-1-3(11(9)10)2-8-5(4)7;/h1-2H,(H,9,10);/q;+1/p-1. The topological polar surface area (TPSA) is 53.0 Å². The summed E-state index contributed by atoms with van der Waals surface area (Å²) in [6.07, 6.45) is 0.738. The number of aromatic nitrogens is 1. The second kappa shape index (κ2) is 4.67. The van der Waals surface area contributed by atoms with Crippen LogP contribution in [0.4, 0.5) is 8.78 Å². The summed E-state index contributed by atoms with van der Waals surface area (Å²) in [7, 11) is 0. The van der Waals surface area contributed by atoms with Crippen LogP contribution in [0.25, 0.3) is 0 Å². The van der Waals surface area contributed by atoms with Crippen LogP contribution in [0.1, 0.15) is 0 Å². The van der Waals surface area contributed by atoms with Gasteiger partial charge in [0.2, 0.25) is 5.95 Å². The van der Waals surface area contributed by atoms with Crippen LogP contribution in [0.2, 0.25) is 0 Å². The molecule has 0 amide bonds. The molecule has 0 aliphatic rings. The number of hydrogen-bond donors (Lipinski definition) is 0. The largest absolute Gasteiger partial charge is 1.00 e. The Morgan fingerprint density at radius 3 is 2.50 bits per heavy atom. The molecule has 60 valence electrons. The molecule has 0 aromatic carbocycles. The van der Waals surface area contributed by atoms with Crippen molar-refractivity contribution in [3.63, 3.8) is 0 Å². The van der Waals surface area contributed by atoms with E-state index < -0.39 is 22.8 Å². The molecule has 1 unspecified atom stereocenters. The summed E-state index contributed by atoms with van der Waals surface area (Å²) in [5.74, 6) is -2.58. The van der Waals surface area contributed by atoms with Gasteiger partial charge in [-0.25, -0.2) is 9.37 Å². The van der Waals surface area contributed by atoms with Gasteiger partial charge in [0.25, 0.3) is 0 Å². The Labute approximate surface area is 81.7 Å². The van der Waals surface area contributed by atoms with Crippen LogP contribution in [0.5, 0.6) is 0 Å². The van der Waals surface area contributed by atoms with E-state index in [9.17, 15) is 17.5 Å². The fourth-order valence-corrected chi connectivity index (χ4v) is 0.833. The van der Waals surface area contributed by atoms with Crippen LogP contribution in [0.15, 0.2) is 17.2 Å². The first kappa shape index (κ1) is 11.7. The average Bonchev–Trinajstić information content (AvgIpc) is 1.94. The zero-order valence-corrected chi connectivity index (χ0v) is 6.90. The summed E-state index contributed by atoms with van der Waals surface area (Å²) < 4.78 is 44.6. The van der Waals surface area contributed by atoms with Crippen molar-refractivity contribution < 1.29 is 36.4 Å². The van der Waals surface area contributed by atoms with Gasteiger partial charge < -0.3 is 4.55 Å². The predicted octanol–water partition coefficient (Wildman–Crippen LogP) is -2.40. The summed E-state index contributed by atoms with van der Waals surface area (Å²) in [5.41, 5.74) is 0. The summed E-state index contributed by atoms with van der Waals surface area (Å²) in [6.45, 7) is 0. The predicted molar refractivity (Wildman–Crippen MR) is 31.3 cm³/mol. The van der Waals surface area contributed by atoms with Crippen molar-refractivity contribution in [3.8, 4) is 0 Å². The van der Waals surface area contributed by atoms with Crippen molar-refractivity contribution in [1.82, 2.24) is 4.98 Å². The Balaban J connectivity index is 0.00000121. The third kappa shape index (κ3) is 2.64. The van der Waals surface area contributed by atoms with Crippen LogP contribution in [-0.4, -0.2) is 13.7 Å². The smallest absolute Gasteiger partial charge is 0.768 e. The van der Waals surface area contributed by atoms with Crippen LogP contribution >= 0.6 is 0 Å². The van der Waals surface area contributed by atoms with Gasteiger partial charge in [0, 0.05) is 11.1 Å². The first-order valence-corrected chi connectivity index (χ1v) is 3.59. The molecule has 1 heterocycles. The fraction of sp³-hybridized carbons (Fsp3) is 0. The third-order valence-electron chi connectivity index (χ3n) is 0.964. The summed E-state index contributed by atoms with van der Waals surface area (Å²) in [6, 6.07) is 0.561. The van der Waals surface area contributed by atoms with E-state index in [1.165, 1.54) is 0 Å². The van der Waals surface area contributed by atoms with Gasteiger partial charge in [-0.1, -0.05) is 0 Å². The van der Waals surface area contributed by atoms with Gasteiger partial charge in [-0.2, -0.15) is 4.39 Å². The monoisotopic (exact) mass is 185 g/mol. The molecule has 3 nitrogen and oxygen atoms in total. The molecule has 0 saturated heterocycles. The molecule has 12 heavy (non-hydrogen) atoms. The van der Waals surface area contributed by atoms with E-state index >= 15 is 0 Å². The SMILES string of the molecule is O=S([O-])c1cnc(F)c(F)c1.[Li+]. The summed E-state index contributed by atoms with van der Waals surface area (Å²) in [4.78, 5) is 2.49. The molecule has 0 spiro atoms. The molecule has 0 fully saturated rings. The van der Waals surface area contributed by atoms with Crippen LogP contribution in [0, 0.1) is 11.8 Å². The second-order valence-electron chi connectivity index (χ2n) is 1.68. The normalized spacial score (nSPS) is 11.9. The quantitative estimate of drug-likeness (QED) is 0.278. The van der Waals surface area contributed by atoms with Crippen LogP contribution in [-0.2, 0) is 11.1 Å². The maximum absolute atomic E-state index is 12.2. The average molecular weight is 185 g/mol. The molecule has 1 aromatic heterocycles. The molecule has 0 aliphatic heterocycles. The third-order valence-corrected chi connectivity index (χ3v) is 1.57. The minimum atomic E-state index is -2.57. The van der Waals surface area contributed by atoms with E-state index in [0.717, 1.165) is 6.20 Å². The number of halogens is 2. The van der Waals surface area contributed by atoms with Gasteiger partial charge in [0.05, 0.1) is 0 Å². The molecule has 0 bridgehead atoms. The molecule has 0 saturated carbocycles. The van der Waals surface area contributed by atoms with Gasteiger partial charge in [-0.05, 0) is 17.1 Å². The Hall–Kier alpha value is -0.283. The van der Waals surface area contributed by atoms with E-state index in [1.54, 1.807) is 0 Å². The number of rotatable bonds is 1. The van der Waals surface area contributed by atoms with Gasteiger partial charge in [0.15, 0.2) is 5.82 Å². The van der Waals surface area contributed by atoms with Crippen molar-refractivity contribution in [2.45, 2.75) is 4.90 Å². The number of nitrogens with zero attached hydrogens (tertiary/aromatic N) is 1. The Morgan fingerprint density at radius 1 is 1.50 bits per heavy atom. The van der Waals surface area contributed by atoms with E-state index in [-0.39, 0.29) is 23.8 Å². The minimum absolute atomic E-state index is 0. The van der Waals surface area contributed by atoms with Gasteiger partial charge in [-0.3, -0.25) is 4.21 Å². The van der Waals surface area contributed by atoms with Crippen molar-refractivity contribution >= 4 is 11.1 Å². The van der Waals surface area contributed by atoms with E-state index in [4.69, 9.17) is 0 Å². The fourth-order valence-electron chi connectivity index (χ4n) is 0.495. The summed E-state index contributed by atoms with van der Waals surface area (Å²) >= 11 is -2.57. The van der Waals surface area contributed by atoms with Crippen molar-refractivity contribution in [2.24, 2.45) is 0 Å². The number of pyridine rings is 1. The second-order valence-corrected chi connectivity index (χ2v) is 2.62. The molecule has 1 rings (SSSR count).